The van der Waals surface area contributed by atoms with Crippen molar-refractivity contribution in [3.63, 3.8) is 0 Å². The second-order valence-electron chi connectivity index (χ2n) is 12.3. The van der Waals surface area contributed by atoms with Crippen LogP contribution in [0.3, 0.4) is 0 Å². The molecule has 1 aliphatic heterocycles. The zero-order valence-electron chi connectivity index (χ0n) is 24.2. The number of rotatable bonds is 20. The maximum absolute atomic E-state index is 4.54. The maximum Gasteiger partial charge on any atom is 0.0696 e. The third-order valence-corrected chi connectivity index (χ3v) is 9.41. The van der Waals surface area contributed by atoms with Crippen molar-refractivity contribution in [3.05, 3.63) is 0 Å². The molecule has 0 aromatic carbocycles. The first-order valence-corrected chi connectivity index (χ1v) is 16.2. The van der Waals surface area contributed by atoms with Crippen molar-refractivity contribution in [2.45, 2.75) is 205 Å². The van der Waals surface area contributed by atoms with Gasteiger partial charge in [-0.2, -0.15) is 0 Å². The Morgan fingerprint density at radius 3 is 1.03 bits per heavy atom. The summed E-state index contributed by atoms with van der Waals surface area (Å²) in [6.45, 7) is 9.44. The molecule has 0 amide bonds. The molecule has 0 aromatic heterocycles. The molecular formula is C32H64N2. The second kappa shape index (κ2) is 16.6. The van der Waals surface area contributed by atoms with Crippen LogP contribution in [0, 0.1) is 0 Å². The highest BCUT2D eigenvalue weighted by molar-refractivity contribution is 5.21. The lowest BCUT2D eigenvalue weighted by Crippen LogP contribution is -2.60. The van der Waals surface area contributed by atoms with E-state index in [0.717, 1.165) is 0 Å². The van der Waals surface area contributed by atoms with Gasteiger partial charge in [0.15, 0.2) is 0 Å². The molecule has 2 fully saturated rings. The van der Waals surface area contributed by atoms with Crippen LogP contribution in [0.1, 0.15) is 188 Å². The molecule has 2 N–H and O–H groups in total. The predicted molar refractivity (Wildman–Crippen MR) is 153 cm³/mol. The normalized spacial score (nSPS) is 20.8. The maximum atomic E-state index is 4.54. The molecule has 0 aromatic rings. The molecule has 2 nitrogen and oxygen atoms in total. The number of nitrogens with one attached hydrogen (secondary N) is 2. The average molecular weight is 477 g/mol. The molecule has 34 heavy (non-hydrogen) atoms. The summed E-state index contributed by atoms with van der Waals surface area (Å²) in [4.78, 5) is 0. The van der Waals surface area contributed by atoms with Crippen molar-refractivity contribution in [3.8, 4) is 0 Å². The molecule has 1 saturated carbocycles. The van der Waals surface area contributed by atoms with Gasteiger partial charge in [-0.05, 0) is 38.5 Å². The zero-order valence-corrected chi connectivity index (χ0v) is 24.2. The van der Waals surface area contributed by atoms with E-state index in [9.17, 15) is 0 Å². The lowest BCUT2D eigenvalue weighted by molar-refractivity contribution is 0.139. The smallest absolute Gasteiger partial charge is 0.0696 e. The van der Waals surface area contributed by atoms with E-state index in [-0.39, 0.29) is 5.66 Å². The Labute approximate surface area is 215 Å². The minimum Gasteiger partial charge on any atom is -0.292 e. The van der Waals surface area contributed by atoms with Gasteiger partial charge in [-0.3, -0.25) is 10.6 Å². The van der Waals surface area contributed by atoms with Gasteiger partial charge in [0.1, 0.15) is 0 Å². The van der Waals surface area contributed by atoms with Crippen LogP contribution >= 0.6 is 0 Å². The van der Waals surface area contributed by atoms with Crippen molar-refractivity contribution < 1.29 is 0 Å². The van der Waals surface area contributed by atoms with Gasteiger partial charge in [-0.1, -0.05) is 150 Å². The Bertz CT molecular complexity index is 431. The Balaban J connectivity index is 2.33. The molecule has 2 aliphatic rings. The molecule has 2 rings (SSSR count). The van der Waals surface area contributed by atoms with Gasteiger partial charge in [0.2, 0.25) is 0 Å². The van der Waals surface area contributed by atoms with Gasteiger partial charge in [0.05, 0.1) is 5.66 Å². The van der Waals surface area contributed by atoms with E-state index in [1.165, 1.54) is 161 Å². The van der Waals surface area contributed by atoms with E-state index < -0.39 is 0 Å². The lowest BCUT2D eigenvalue weighted by atomic mass is 9.66. The first-order valence-electron chi connectivity index (χ1n) is 16.2. The third kappa shape index (κ3) is 8.79. The first-order chi connectivity index (χ1) is 16.6. The van der Waals surface area contributed by atoms with Crippen LogP contribution in [0.25, 0.3) is 0 Å². The summed E-state index contributed by atoms with van der Waals surface area (Å²) in [6, 6.07) is 0. The van der Waals surface area contributed by atoms with Crippen molar-refractivity contribution in [1.82, 2.24) is 10.6 Å². The van der Waals surface area contributed by atoms with Crippen LogP contribution in [0.2, 0.25) is 0 Å². The quantitative estimate of drug-likeness (QED) is 0.171. The second-order valence-corrected chi connectivity index (χ2v) is 12.3. The van der Waals surface area contributed by atoms with Crippen molar-refractivity contribution >= 4 is 0 Å². The molecule has 2 heteroatoms. The van der Waals surface area contributed by atoms with E-state index in [1.807, 2.05) is 0 Å². The highest BCUT2D eigenvalue weighted by atomic mass is 15.4. The van der Waals surface area contributed by atoms with Crippen LogP contribution in [-0.4, -0.2) is 16.7 Å². The van der Waals surface area contributed by atoms with Gasteiger partial charge in [0, 0.05) is 11.1 Å². The minimum atomic E-state index is 0.225. The molecule has 0 bridgehead atoms. The lowest BCUT2D eigenvalue weighted by Gasteiger charge is -2.47. The Hall–Kier alpha value is -0.0800. The van der Waals surface area contributed by atoms with Gasteiger partial charge >= 0.3 is 0 Å². The summed E-state index contributed by atoms with van der Waals surface area (Å²) in [7, 11) is 0. The van der Waals surface area contributed by atoms with Crippen LogP contribution in [-0.2, 0) is 0 Å². The summed E-state index contributed by atoms with van der Waals surface area (Å²) >= 11 is 0. The van der Waals surface area contributed by atoms with Crippen LogP contribution in [0.5, 0.6) is 0 Å². The molecule has 0 radical (unpaired) electrons. The fourth-order valence-corrected chi connectivity index (χ4v) is 7.46. The van der Waals surface area contributed by atoms with Crippen molar-refractivity contribution in [1.29, 1.82) is 0 Å². The number of hydrogen-bond acceptors (Lipinski definition) is 2. The monoisotopic (exact) mass is 477 g/mol. The van der Waals surface area contributed by atoms with Crippen LogP contribution in [0.4, 0.5) is 0 Å². The third-order valence-electron chi connectivity index (χ3n) is 9.41. The molecule has 1 spiro atoms. The molecule has 1 saturated heterocycles. The summed E-state index contributed by atoms with van der Waals surface area (Å²) in [6.07, 6.45) is 34.9. The summed E-state index contributed by atoms with van der Waals surface area (Å²) in [5, 5.41) is 9.07. The standard InChI is InChI=1S/C32H64N2/c1-5-9-13-18-24-30(25-19-14-10-6-2)31(26-20-15-11-7-3,27-21-16-12-8-4)34-32(33-30)28-22-17-23-29-32/h33-34H,5-29H2,1-4H3. The SMILES string of the molecule is CCCCCCC1(CCCCCC)NC2(CCCCC2)NC1(CCCCCC)CCCCCC. The van der Waals surface area contributed by atoms with Crippen LogP contribution < -0.4 is 10.6 Å². The zero-order chi connectivity index (χ0) is 24.6. The largest absolute Gasteiger partial charge is 0.292 e. The molecule has 1 heterocycles. The first kappa shape index (κ1) is 30.1. The Morgan fingerprint density at radius 2 is 0.735 bits per heavy atom. The fraction of sp³-hybridized carbons (Fsp3) is 1.00. The Kier molecular flexibility index (Phi) is 14.7. The Morgan fingerprint density at radius 1 is 0.412 bits per heavy atom. The molecule has 202 valence electrons. The number of hydrogen-bond donors (Lipinski definition) is 2. The van der Waals surface area contributed by atoms with Crippen LogP contribution in [0.15, 0.2) is 0 Å². The van der Waals surface area contributed by atoms with Gasteiger partial charge in [0.25, 0.3) is 0 Å². The van der Waals surface area contributed by atoms with Crippen molar-refractivity contribution in [2.24, 2.45) is 0 Å². The predicted octanol–water partition coefficient (Wildman–Crippen LogP) is 10.2. The van der Waals surface area contributed by atoms with E-state index >= 15 is 0 Å². The van der Waals surface area contributed by atoms with E-state index in [2.05, 4.69) is 38.3 Å². The van der Waals surface area contributed by atoms with Crippen molar-refractivity contribution in [2.75, 3.05) is 0 Å². The van der Waals surface area contributed by atoms with E-state index in [1.54, 1.807) is 0 Å². The summed E-state index contributed by atoms with van der Waals surface area (Å²) < 4.78 is 0. The van der Waals surface area contributed by atoms with Gasteiger partial charge < -0.3 is 0 Å². The topological polar surface area (TPSA) is 24.1 Å². The van der Waals surface area contributed by atoms with Gasteiger partial charge in [-0.15, -0.1) is 0 Å². The summed E-state index contributed by atoms with van der Waals surface area (Å²) in [5.41, 5.74) is 0.845. The summed E-state index contributed by atoms with van der Waals surface area (Å²) in [5.74, 6) is 0. The number of unbranched alkanes of at least 4 members (excludes halogenated alkanes) is 12. The molecular weight excluding hydrogens is 412 g/mol. The molecule has 0 unspecified atom stereocenters. The molecule has 1 aliphatic carbocycles. The van der Waals surface area contributed by atoms with Gasteiger partial charge in [-0.25, -0.2) is 0 Å². The van der Waals surface area contributed by atoms with E-state index in [4.69, 9.17) is 0 Å². The van der Waals surface area contributed by atoms with E-state index in [0.29, 0.717) is 11.1 Å². The fourth-order valence-electron chi connectivity index (χ4n) is 7.46. The highest BCUT2D eigenvalue weighted by Crippen LogP contribution is 2.49. The molecule has 0 atom stereocenters. The average Bonchev–Trinajstić information content (AvgIpc) is 3.09. The highest BCUT2D eigenvalue weighted by Gasteiger charge is 2.60. The minimum absolute atomic E-state index is 0.225.